The van der Waals surface area contributed by atoms with Gasteiger partial charge in [-0.25, -0.2) is 8.78 Å². The van der Waals surface area contributed by atoms with Crippen LogP contribution < -0.4 is 10.5 Å². The molecule has 2 aromatic carbocycles. The van der Waals surface area contributed by atoms with E-state index in [9.17, 15) is 8.78 Å². The molecule has 0 spiro atoms. The summed E-state index contributed by atoms with van der Waals surface area (Å²) >= 11 is 3.31. The number of hydrogen-bond donors (Lipinski definition) is 1. The number of nitrogens with two attached hydrogens (primary N) is 1. The highest BCUT2D eigenvalue weighted by atomic mass is 79.9. The van der Waals surface area contributed by atoms with Gasteiger partial charge in [0.05, 0.1) is 5.69 Å². The first-order valence-corrected chi connectivity index (χ1v) is 5.96. The molecular weight excluding hydrogens is 304 g/mol. The maximum absolute atomic E-state index is 12.4. The molecule has 2 N–H and O–H groups in total. The normalized spacial score (nSPS) is 10.7. The highest BCUT2D eigenvalue weighted by Gasteiger charge is 2.10. The summed E-state index contributed by atoms with van der Waals surface area (Å²) in [5.74, 6) is 0.955. The monoisotopic (exact) mass is 313 g/mol. The van der Waals surface area contributed by atoms with E-state index in [2.05, 4.69) is 15.9 Å². The van der Waals surface area contributed by atoms with Gasteiger partial charge in [0.2, 0.25) is 0 Å². The zero-order valence-corrected chi connectivity index (χ0v) is 10.8. The maximum atomic E-state index is 12.4. The van der Waals surface area contributed by atoms with E-state index in [-0.39, 0.29) is 11.3 Å². The Labute approximate surface area is 112 Å². The summed E-state index contributed by atoms with van der Waals surface area (Å²) in [5, 5.41) is 0. The minimum Gasteiger partial charge on any atom is -0.455 e. The van der Waals surface area contributed by atoms with Gasteiger partial charge in [-0.2, -0.15) is 0 Å². The third-order valence-corrected chi connectivity index (χ3v) is 2.86. The Balaban J connectivity index is 2.22. The molecule has 0 aromatic heterocycles. The lowest BCUT2D eigenvalue weighted by Gasteiger charge is -2.10. The van der Waals surface area contributed by atoms with E-state index in [1.807, 2.05) is 12.1 Å². The van der Waals surface area contributed by atoms with Crippen LogP contribution >= 0.6 is 15.9 Å². The third kappa shape index (κ3) is 2.98. The molecule has 0 aliphatic rings. The third-order valence-electron chi connectivity index (χ3n) is 2.33. The second-order valence-corrected chi connectivity index (χ2v) is 4.57. The van der Waals surface area contributed by atoms with Crippen molar-refractivity contribution in [1.29, 1.82) is 0 Å². The molecule has 0 fully saturated rings. The van der Waals surface area contributed by atoms with E-state index in [1.54, 1.807) is 12.1 Å². The van der Waals surface area contributed by atoms with Gasteiger partial charge in [-0.3, -0.25) is 0 Å². The number of anilines is 1. The molecule has 0 unspecified atom stereocenters. The Kier molecular flexibility index (Phi) is 3.81. The Hall–Kier alpha value is -1.62. The van der Waals surface area contributed by atoms with Crippen LogP contribution in [0.3, 0.4) is 0 Å². The highest BCUT2D eigenvalue weighted by molar-refractivity contribution is 9.10. The van der Waals surface area contributed by atoms with Crippen molar-refractivity contribution in [3.8, 4) is 11.5 Å². The van der Waals surface area contributed by atoms with E-state index in [0.29, 0.717) is 11.5 Å². The van der Waals surface area contributed by atoms with Gasteiger partial charge >= 0.3 is 0 Å². The second kappa shape index (κ2) is 5.35. The predicted molar refractivity (Wildman–Crippen MR) is 70.0 cm³/mol. The van der Waals surface area contributed by atoms with Crippen LogP contribution in [0.5, 0.6) is 11.5 Å². The number of hydrogen-bond acceptors (Lipinski definition) is 2. The summed E-state index contributed by atoms with van der Waals surface area (Å²) in [5.41, 5.74) is 5.74. The molecule has 0 amide bonds. The summed E-state index contributed by atoms with van der Waals surface area (Å²) in [6.07, 6.45) is -2.53. The first kappa shape index (κ1) is 12.8. The average molecular weight is 314 g/mol. The van der Waals surface area contributed by atoms with Crippen LogP contribution in [-0.4, -0.2) is 0 Å². The van der Waals surface area contributed by atoms with Crippen LogP contribution in [0, 0.1) is 0 Å². The first-order chi connectivity index (χ1) is 8.56. The largest absolute Gasteiger partial charge is 0.455 e. The van der Waals surface area contributed by atoms with Crippen LogP contribution in [0.15, 0.2) is 46.9 Å². The number of nitrogen functional groups attached to an aromatic ring is 1. The van der Waals surface area contributed by atoms with E-state index < -0.39 is 6.43 Å². The summed E-state index contributed by atoms with van der Waals surface area (Å²) in [6, 6.07) is 11.1. The minimum atomic E-state index is -2.53. The van der Waals surface area contributed by atoms with Gasteiger partial charge in [0.25, 0.3) is 6.43 Å². The van der Waals surface area contributed by atoms with Crippen molar-refractivity contribution in [2.24, 2.45) is 0 Å². The van der Waals surface area contributed by atoms with Crippen LogP contribution in [0.2, 0.25) is 0 Å². The molecule has 0 saturated heterocycles. The molecule has 5 heteroatoms. The number of benzene rings is 2. The zero-order chi connectivity index (χ0) is 13.1. The first-order valence-electron chi connectivity index (χ1n) is 5.17. The molecule has 0 aliphatic heterocycles. The van der Waals surface area contributed by atoms with Gasteiger partial charge in [0.15, 0.2) is 0 Å². The predicted octanol–water partition coefficient (Wildman–Crippen LogP) is 4.76. The molecule has 2 rings (SSSR count). The topological polar surface area (TPSA) is 35.2 Å². The summed E-state index contributed by atoms with van der Waals surface area (Å²) in [7, 11) is 0. The summed E-state index contributed by atoms with van der Waals surface area (Å²) in [6.45, 7) is 0. The Morgan fingerprint density at radius 2 is 1.72 bits per heavy atom. The van der Waals surface area contributed by atoms with Gasteiger partial charge in [-0.05, 0) is 42.5 Å². The van der Waals surface area contributed by atoms with E-state index in [0.717, 1.165) is 4.47 Å². The molecule has 0 bridgehead atoms. The number of halogens is 3. The van der Waals surface area contributed by atoms with Crippen molar-refractivity contribution in [2.75, 3.05) is 5.73 Å². The van der Waals surface area contributed by atoms with Crippen molar-refractivity contribution in [3.63, 3.8) is 0 Å². The highest BCUT2D eigenvalue weighted by Crippen LogP contribution is 2.31. The maximum Gasteiger partial charge on any atom is 0.263 e. The Morgan fingerprint density at radius 1 is 1.06 bits per heavy atom. The van der Waals surface area contributed by atoms with E-state index in [1.165, 1.54) is 18.2 Å². The zero-order valence-electron chi connectivity index (χ0n) is 9.24. The fraction of sp³-hybridized carbons (Fsp3) is 0.0769. The molecule has 0 radical (unpaired) electrons. The summed E-state index contributed by atoms with van der Waals surface area (Å²) < 4.78 is 31.3. The minimum absolute atomic E-state index is 0.115. The number of rotatable bonds is 3. The molecular formula is C13H10BrF2NO. The molecule has 0 saturated carbocycles. The number of ether oxygens (including phenoxy) is 1. The van der Waals surface area contributed by atoms with E-state index in [4.69, 9.17) is 10.5 Å². The van der Waals surface area contributed by atoms with Gasteiger partial charge < -0.3 is 10.5 Å². The molecule has 94 valence electrons. The van der Waals surface area contributed by atoms with Gasteiger partial charge in [-0.15, -0.1) is 0 Å². The fourth-order valence-electron chi connectivity index (χ4n) is 1.43. The SMILES string of the molecule is Nc1cc(C(F)F)ccc1Oc1ccc(Br)cc1. The lowest BCUT2D eigenvalue weighted by Crippen LogP contribution is -1.94. The van der Waals surface area contributed by atoms with Crippen LogP contribution in [0.25, 0.3) is 0 Å². The second-order valence-electron chi connectivity index (χ2n) is 3.65. The fourth-order valence-corrected chi connectivity index (χ4v) is 1.69. The van der Waals surface area contributed by atoms with Crippen LogP contribution in [0.4, 0.5) is 14.5 Å². The quantitative estimate of drug-likeness (QED) is 0.829. The Morgan fingerprint density at radius 3 is 2.28 bits per heavy atom. The molecule has 18 heavy (non-hydrogen) atoms. The van der Waals surface area contributed by atoms with Crippen molar-refractivity contribution >= 4 is 21.6 Å². The lowest BCUT2D eigenvalue weighted by atomic mass is 10.2. The van der Waals surface area contributed by atoms with Gasteiger partial charge in [0.1, 0.15) is 11.5 Å². The molecule has 0 atom stereocenters. The molecule has 0 heterocycles. The standard InChI is InChI=1S/C13H10BrF2NO/c14-9-2-4-10(5-3-9)18-12-6-1-8(13(15)16)7-11(12)17/h1-7,13H,17H2. The van der Waals surface area contributed by atoms with Crippen molar-refractivity contribution in [3.05, 3.63) is 52.5 Å². The van der Waals surface area contributed by atoms with Crippen molar-refractivity contribution in [2.45, 2.75) is 6.43 Å². The van der Waals surface area contributed by atoms with Gasteiger partial charge in [-0.1, -0.05) is 15.9 Å². The van der Waals surface area contributed by atoms with E-state index >= 15 is 0 Å². The molecule has 2 nitrogen and oxygen atoms in total. The van der Waals surface area contributed by atoms with Crippen LogP contribution in [-0.2, 0) is 0 Å². The molecule has 2 aromatic rings. The Bertz CT molecular complexity index is 543. The summed E-state index contributed by atoms with van der Waals surface area (Å²) in [4.78, 5) is 0. The van der Waals surface area contributed by atoms with Crippen molar-refractivity contribution in [1.82, 2.24) is 0 Å². The van der Waals surface area contributed by atoms with Gasteiger partial charge in [0, 0.05) is 10.0 Å². The average Bonchev–Trinajstić information content (AvgIpc) is 2.34. The lowest BCUT2D eigenvalue weighted by molar-refractivity contribution is 0.151. The molecule has 0 aliphatic carbocycles. The number of alkyl halides is 2. The smallest absolute Gasteiger partial charge is 0.263 e. The van der Waals surface area contributed by atoms with Crippen LogP contribution in [0.1, 0.15) is 12.0 Å². The van der Waals surface area contributed by atoms with Crippen molar-refractivity contribution < 1.29 is 13.5 Å².